The molecule has 0 saturated heterocycles. The summed E-state index contributed by atoms with van der Waals surface area (Å²) in [5.74, 6) is -1.05. The summed E-state index contributed by atoms with van der Waals surface area (Å²) < 4.78 is 24.7. The standard InChI is InChI=1S/C27H28FN3O4S/c1-18-24(26(33)35-13-12-34-3)25(20-10-7-11-21(28)14-20)31-22(17-36-27(31)29-18)15-23(32)30(2)16-19-8-5-4-6-9-19/h4-11,14,17,25H,12-13,15-16H2,1-3H3. The molecule has 0 fully saturated rings. The number of hydrogen-bond acceptors (Lipinski definition) is 7. The van der Waals surface area contributed by atoms with E-state index in [1.807, 2.05) is 40.6 Å². The molecule has 9 heteroatoms. The lowest BCUT2D eigenvalue weighted by Crippen LogP contribution is -2.38. The van der Waals surface area contributed by atoms with Gasteiger partial charge < -0.3 is 19.3 Å². The topological polar surface area (TPSA) is 71.4 Å². The van der Waals surface area contributed by atoms with Crippen molar-refractivity contribution in [3.05, 3.63) is 93.9 Å². The van der Waals surface area contributed by atoms with Gasteiger partial charge in [-0.3, -0.25) is 4.79 Å². The molecule has 0 spiro atoms. The van der Waals surface area contributed by atoms with Crippen LogP contribution in [0.3, 0.4) is 0 Å². The summed E-state index contributed by atoms with van der Waals surface area (Å²) in [7, 11) is 3.28. The zero-order chi connectivity index (χ0) is 25.7. The van der Waals surface area contributed by atoms with Gasteiger partial charge in [0.05, 0.1) is 30.3 Å². The highest BCUT2D eigenvalue weighted by Crippen LogP contribution is 2.45. The molecule has 0 aliphatic carbocycles. The molecule has 2 aliphatic heterocycles. The first-order chi connectivity index (χ1) is 17.4. The average Bonchev–Trinajstić information content (AvgIpc) is 3.25. The quantitative estimate of drug-likeness (QED) is 0.362. The van der Waals surface area contributed by atoms with Crippen LogP contribution in [0.15, 0.2) is 82.0 Å². The Morgan fingerprint density at radius 1 is 1.14 bits per heavy atom. The predicted molar refractivity (Wildman–Crippen MR) is 137 cm³/mol. The molecule has 1 atom stereocenters. The van der Waals surface area contributed by atoms with Crippen LogP contribution >= 0.6 is 11.8 Å². The maximum atomic E-state index is 14.3. The van der Waals surface area contributed by atoms with E-state index in [4.69, 9.17) is 9.47 Å². The number of hydrogen-bond donors (Lipinski definition) is 0. The van der Waals surface area contributed by atoms with Crippen LogP contribution in [0.1, 0.15) is 30.5 Å². The second-order valence-electron chi connectivity index (χ2n) is 8.49. The van der Waals surface area contributed by atoms with Gasteiger partial charge in [-0.15, -0.1) is 0 Å². The van der Waals surface area contributed by atoms with Gasteiger partial charge in [-0.1, -0.05) is 54.2 Å². The molecule has 0 N–H and O–H groups in total. The highest BCUT2D eigenvalue weighted by atomic mass is 32.2. The van der Waals surface area contributed by atoms with E-state index in [1.54, 1.807) is 31.0 Å². The van der Waals surface area contributed by atoms with Crippen molar-refractivity contribution in [1.82, 2.24) is 9.80 Å². The Morgan fingerprint density at radius 3 is 2.64 bits per heavy atom. The summed E-state index contributed by atoms with van der Waals surface area (Å²) in [5.41, 5.74) is 3.08. The highest BCUT2D eigenvalue weighted by Gasteiger charge is 2.41. The molecule has 0 bridgehead atoms. The number of ether oxygens (including phenoxy) is 2. The third-order valence-electron chi connectivity index (χ3n) is 5.93. The van der Waals surface area contributed by atoms with Crippen molar-refractivity contribution >= 4 is 28.8 Å². The highest BCUT2D eigenvalue weighted by molar-refractivity contribution is 8.16. The summed E-state index contributed by atoms with van der Waals surface area (Å²) in [6.45, 7) is 2.55. The number of allylic oxidation sites excluding steroid dienone is 1. The van der Waals surface area contributed by atoms with Gasteiger partial charge in [-0.05, 0) is 35.6 Å². The first-order valence-electron chi connectivity index (χ1n) is 11.5. The summed E-state index contributed by atoms with van der Waals surface area (Å²) in [6, 6.07) is 15.2. The summed E-state index contributed by atoms with van der Waals surface area (Å²) in [6.07, 6.45) is 0.103. The fourth-order valence-electron chi connectivity index (χ4n) is 4.15. The minimum absolute atomic E-state index is 0.0821. The third kappa shape index (κ3) is 5.68. The number of benzene rings is 2. The number of aliphatic imine (C=N–C) groups is 1. The zero-order valence-corrected chi connectivity index (χ0v) is 21.3. The third-order valence-corrected chi connectivity index (χ3v) is 6.81. The van der Waals surface area contributed by atoms with E-state index in [1.165, 1.54) is 31.0 Å². The predicted octanol–water partition coefficient (Wildman–Crippen LogP) is 4.64. The number of carbonyl (C=O) groups is 2. The molecule has 0 saturated carbocycles. The number of amides is 1. The van der Waals surface area contributed by atoms with Crippen LogP contribution in [0.2, 0.25) is 0 Å². The smallest absolute Gasteiger partial charge is 0.338 e. The molecule has 2 aromatic rings. The van der Waals surface area contributed by atoms with E-state index in [0.717, 1.165) is 5.56 Å². The van der Waals surface area contributed by atoms with Crippen molar-refractivity contribution in [3.8, 4) is 0 Å². The Morgan fingerprint density at radius 2 is 1.92 bits per heavy atom. The van der Waals surface area contributed by atoms with Crippen LogP contribution in [-0.4, -0.2) is 54.2 Å². The number of amidine groups is 1. The molecule has 1 amide bonds. The molecule has 2 aliphatic rings. The van der Waals surface area contributed by atoms with Crippen molar-refractivity contribution in [2.24, 2.45) is 4.99 Å². The van der Waals surface area contributed by atoms with Crippen molar-refractivity contribution in [3.63, 3.8) is 0 Å². The van der Waals surface area contributed by atoms with E-state index >= 15 is 0 Å². The van der Waals surface area contributed by atoms with Crippen molar-refractivity contribution in [1.29, 1.82) is 0 Å². The molecule has 4 rings (SSSR count). The van der Waals surface area contributed by atoms with Gasteiger partial charge in [0.2, 0.25) is 5.91 Å². The number of carbonyl (C=O) groups excluding carboxylic acids is 2. The first-order valence-corrected chi connectivity index (χ1v) is 12.4. The van der Waals surface area contributed by atoms with E-state index in [0.29, 0.717) is 34.2 Å². The lowest BCUT2D eigenvalue weighted by molar-refractivity contribution is -0.141. The Labute approximate surface area is 214 Å². The number of rotatable bonds is 9. The van der Waals surface area contributed by atoms with Crippen LogP contribution in [0, 0.1) is 5.82 Å². The van der Waals surface area contributed by atoms with Gasteiger partial charge >= 0.3 is 5.97 Å². The molecule has 2 aromatic carbocycles. The Balaban J connectivity index is 1.62. The molecule has 1 unspecified atom stereocenters. The molecular formula is C27H28FN3O4S. The molecule has 188 valence electrons. The van der Waals surface area contributed by atoms with E-state index < -0.39 is 17.8 Å². The average molecular weight is 510 g/mol. The van der Waals surface area contributed by atoms with Crippen LogP contribution in [0.4, 0.5) is 4.39 Å². The van der Waals surface area contributed by atoms with Gasteiger partial charge in [0.1, 0.15) is 12.4 Å². The summed E-state index contributed by atoms with van der Waals surface area (Å²) in [5, 5.41) is 2.50. The van der Waals surface area contributed by atoms with Gasteiger partial charge in [0, 0.05) is 26.4 Å². The maximum absolute atomic E-state index is 14.3. The van der Waals surface area contributed by atoms with E-state index in [-0.39, 0.29) is 25.5 Å². The van der Waals surface area contributed by atoms with E-state index in [9.17, 15) is 14.0 Å². The molecular weight excluding hydrogens is 481 g/mol. The molecule has 36 heavy (non-hydrogen) atoms. The summed E-state index contributed by atoms with van der Waals surface area (Å²) >= 11 is 1.38. The van der Waals surface area contributed by atoms with Gasteiger partial charge in [0.25, 0.3) is 0 Å². The van der Waals surface area contributed by atoms with Crippen molar-refractivity contribution in [2.45, 2.75) is 25.9 Å². The summed E-state index contributed by atoms with van der Waals surface area (Å²) in [4.78, 5) is 34.4. The van der Waals surface area contributed by atoms with Crippen molar-refractivity contribution in [2.75, 3.05) is 27.4 Å². The molecule has 0 aromatic heterocycles. The van der Waals surface area contributed by atoms with Crippen LogP contribution in [0.5, 0.6) is 0 Å². The normalized spacial score (nSPS) is 16.9. The Hall–Kier alpha value is -3.43. The second-order valence-corrected chi connectivity index (χ2v) is 9.33. The molecule has 2 heterocycles. The maximum Gasteiger partial charge on any atom is 0.338 e. The van der Waals surface area contributed by atoms with Crippen molar-refractivity contribution < 1.29 is 23.5 Å². The van der Waals surface area contributed by atoms with Gasteiger partial charge in [-0.2, -0.15) is 0 Å². The van der Waals surface area contributed by atoms with E-state index in [2.05, 4.69) is 4.99 Å². The Bertz CT molecular complexity index is 1230. The monoisotopic (exact) mass is 509 g/mol. The minimum Gasteiger partial charge on any atom is -0.460 e. The number of esters is 1. The number of halogens is 1. The number of fused-ring (bicyclic) bond motifs is 1. The fourth-order valence-corrected chi connectivity index (χ4v) is 5.12. The largest absolute Gasteiger partial charge is 0.460 e. The van der Waals surface area contributed by atoms with Gasteiger partial charge in [0.15, 0.2) is 5.17 Å². The lowest BCUT2D eigenvalue weighted by Gasteiger charge is -2.36. The molecule has 7 nitrogen and oxygen atoms in total. The fraction of sp³-hybridized carbons (Fsp3) is 0.296. The van der Waals surface area contributed by atoms with Crippen LogP contribution in [0.25, 0.3) is 0 Å². The lowest BCUT2D eigenvalue weighted by atomic mass is 9.93. The number of methoxy groups -OCH3 is 1. The zero-order valence-electron chi connectivity index (χ0n) is 20.4. The van der Waals surface area contributed by atoms with Crippen LogP contribution in [-0.2, 0) is 25.6 Å². The van der Waals surface area contributed by atoms with Gasteiger partial charge in [-0.25, -0.2) is 14.2 Å². The molecule has 0 radical (unpaired) electrons. The minimum atomic E-state index is -0.684. The SMILES string of the molecule is COCCOC(=O)C1=C(C)N=C2SC=C(CC(=O)N(C)Cc3ccccc3)N2C1c1cccc(F)c1. The Kier molecular flexibility index (Phi) is 8.22. The second kappa shape index (κ2) is 11.5. The number of nitrogens with zero attached hydrogens (tertiary/aromatic N) is 3. The first kappa shape index (κ1) is 25.7. The van der Waals surface area contributed by atoms with Crippen LogP contribution < -0.4 is 0 Å². The number of thioether (sulfide) groups is 1.